The molecule has 1 aliphatic heterocycles. The minimum absolute atomic E-state index is 0.0672. The number of Topliss-reactive ketones (excluding diaryl/α,β-unsaturated/α-hetero) is 1. The predicted molar refractivity (Wildman–Crippen MR) is 149 cm³/mol. The number of carbonyl (C=O) groups is 3. The van der Waals surface area contributed by atoms with Gasteiger partial charge >= 0.3 is 5.97 Å². The number of carbonyl (C=O) groups excluding carboxylic acids is 3. The maximum absolute atomic E-state index is 14.0. The summed E-state index contributed by atoms with van der Waals surface area (Å²) in [4.78, 5) is 45.9. The third-order valence-corrected chi connectivity index (χ3v) is 7.69. The Kier molecular flexibility index (Phi) is 7.41. The predicted octanol–water partition coefficient (Wildman–Crippen LogP) is 5.18. The molecule has 2 aromatic carbocycles. The number of aliphatic hydroxyl groups is 1. The maximum Gasteiger partial charge on any atom is 0.350 e. The molecule has 0 bridgehead atoms. The normalized spacial score (nSPS) is 15.0. The van der Waals surface area contributed by atoms with Gasteiger partial charge in [0, 0.05) is 5.39 Å². The lowest BCUT2D eigenvalue weighted by Crippen LogP contribution is -2.31. The van der Waals surface area contributed by atoms with E-state index in [2.05, 4.69) is 4.98 Å². The molecule has 41 heavy (non-hydrogen) atoms. The Labute approximate surface area is 238 Å². The van der Waals surface area contributed by atoms with Crippen molar-refractivity contribution in [2.24, 2.45) is 0 Å². The van der Waals surface area contributed by atoms with Crippen LogP contribution in [0.1, 0.15) is 44.4 Å². The van der Waals surface area contributed by atoms with Crippen molar-refractivity contribution in [2.45, 2.75) is 19.9 Å². The van der Waals surface area contributed by atoms with Crippen molar-refractivity contribution in [2.75, 3.05) is 32.8 Å². The van der Waals surface area contributed by atoms with E-state index in [9.17, 15) is 19.5 Å². The number of ether oxygens (including phenoxy) is 4. The highest BCUT2D eigenvalue weighted by Crippen LogP contribution is 2.48. The third kappa shape index (κ3) is 4.65. The van der Waals surface area contributed by atoms with Crippen molar-refractivity contribution in [3.05, 3.63) is 75.7 Å². The minimum Gasteiger partial charge on any atom is -0.503 e. The van der Waals surface area contributed by atoms with Gasteiger partial charge in [0.1, 0.15) is 10.5 Å². The summed E-state index contributed by atoms with van der Waals surface area (Å²) in [6.45, 7) is 3.44. The molecular weight excluding hydrogens is 552 g/mol. The lowest BCUT2D eigenvalue weighted by molar-refractivity contribution is -0.117. The molecule has 0 aliphatic carbocycles. The number of aryl methyl sites for hydroxylation is 1. The number of nitrogens with zero attached hydrogens (tertiary/aromatic N) is 2. The van der Waals surface area contributed by atoms with Crippen LogP contribution in [0.2, 0.25) is 0 Å². The van der Waals surface area contributed by atoms with Crippen LogP contribution in [-0.2, 0) is 9.53 Å². The van der Waals surface area contributed by atoms with Crippen molar-refractivity contribution in [1.29, 1.82) is 0 Å². The fourth-order valence-corrected chi connectivity index (χ4v) is 5.69. The fourth-order valence-electron chi connectivity index (χ4n) is 4.71. The number of methoxy groups -OCH3 is 3. The molecule has 11 nitrogen and oxygen atoms in total. The van der Waals surface area contributed by atoms with Gasteiger partial charge in [-0.05, 0) is 43.7 Å². The van der Waals surface area contributed by atoms with Gasteiger partial charge in [-0.2, -0.15) is 0 Å². The van der Waals surface area contributed by atoms with Gasteiger partial charge in [-0.15, -0.1) is 0 Å². The van der Waals surface area contributed by atoms with Crippen LogP contribution in [0, 0.1) is 6.92 Å². The van der Waals surface area contributed by atoms with Crippen LogP contribution in [0.5, 0.6) is 17.2 Å². The van der Waals surface area contributed by atoms with Crippen molar-refractivity contribution in [1.82, 2.24) is 4.98 Å². The summed E-state index contributed by atoms with van der Waals surface area (Å²) in [5, 5.41) is 11.9. The number of amides is 1. The second-order valence-electron chi connectivity index (χ2n) is 8.91. The summed E-state index contributed by atoms with van der Waals surface area (Å²) in [5.74, 6) is -2.21. The number of rotatable bonds is 9. The summed E-state index contributed by atoms with van der Waals surface area (Å²) < 4.78 is 27.4. The van der Waals surface area contributed by atoms with Gasteiger partial charge in [-0.1, -0.05) is 29.5 Å². The number of hydrogen-bond donors (Lipinski definition) is 1. The lowest BCUT2D eigenvalue weighted by atomic mass is 9.94. The molecule has 0 spiro atoms. The summed E-state index contributed by atoms with van der Waals surface area (Å²) in [5.41, 5.74) is 0.906. The highest BCUT2D eigenvalue weighted by Gasteiger charge is 2.47. The maximum atomic E-state index is 14.0. The van der Waals surface area contributed by atoms with Crippen molar-refractivity contribution in [3.8, 4) is 17.2 Å². The van der Waals surface area contributed by atoms with Crippen LogP contribution >= 0.6 is 11.3 Å². The minimum atomic E-state index is -1.20. The largest absolute Gasteiger partial charge is 0.503 e. The second-order valence-corrected chi connectivity index (χ2v) is 9.89. The van der Waals surface area contributed by atoms with Crippen LogP contribution in [0.3, 0.4) is 0 Å². The molecule has 3 heterocycles. The molecule has 12 heteroatoms. The van der Waals surface area contributed by atoms with Crippen molar-refractivity contribution >= 4 is 45.1 Å². The molecule has 0 unspecified atom stereocenters. The topological polar surface area (TPSA) is 138 Å². The van der Waals surface area contributed by atoms with Gasteiger partial charge in [0.25, 0.3) is 5.91 Å². The number of esters is 1. The molecule has 0 radical (unpaired) electrons. The van der Waals surface area contributed by atoms with Gasteiger partial charge in [-0.3, -0.25) is 14.5 Å². The van der Waals surface area contributed by atoms with E-state index in [1.165, 1.54) is 21.3 Å². The Bertz CT molecular complexity index is 1660. The van der Waals surface area contributed by atoms with E-state index in [4.69, 9.17) is 23.4 Å². The molecule has 2 aromatic heterocycles. The Morgan fingerprint density at radius 2 is 1.76 bits per heavy atom. The number of thiazole rings is 1. The van der Waals surface area contributed by atoms with Gasteiger partial charge in [0.05, 0.1) is 45.2 Å². The van der Waals surface area contributed by atoms with E-state index in [-0.39, 0.29) is 39.4 Å². The Hall–Kier alpha value is -4.84. The molecule has 1 atom stereocenters. The van der Waals surface area contributed by atoms with E-state index < -0.39 is 29.5 Å². The quantitative estimate of drug-likeness (QED) is 0.209. The molecule has 4 aromatic rings. The molecule has 1 N–H and O–H groups in total. The Balaban J connectivity index is 1.71. The zero-order chi connectivity index (χ0) is 29.4. The van der Waals surface area contributed by atoms with Crippen molar-refractivity contribution < 1.29 is 42.9 Å². The van der Waals surface area contributed by atoms with Crippen LogP contribution < -0.4 is 19.1 Å². The number of furan rings is 1. The molecule has 5 rings (SSSR count). The van der Waals surface area contributed by atoms with Crippen molar-refractivity contribution in [3.63, 3.8) is 0 Å². The second kappa shape index (κ2) is 11.0. The van der Waals surface area contributed by atoms with Gasteiger partial charge < -0.3 is 28.5 Å². The number of para-hydroxylation sites is 1. The lowest BCUT2D eigenvalue weighted by Gasteiger charge is -2.25. The average Bonchev–Trinajstić information content (AvgIpc) is 3.65. The number of ketones is 1. The molecular formula is C29H26N2O9S. The van der Waals surface area contributed by atoms with E-state index in [1.54, 1.807) is 56.3 Å². The van der Waals surface area contributed by atoms with E-state index >= 15 is 0 Å². The van der Waals surface area contributed by atoms with Crippen LogP contribution in [0.25, 0.3) is 11.0 Å². The Morgan fingerprint density at radius 3 is 2.37 bits per heavy atom. The van der Waals surface area contributed by atoms with E-state index in [0.29, 0.717) is 28.0 Å². The number of benzene rings is 2. The van der Waals surface area contributed by atoms with Crippen LogP contribution in [0.15, 0.2) is 58.2 Å². The number of hydrogen-bond acceptors (Lipinski definition) is 11. The summed E-state index contributed by atoms with van der Waals surface area (Å²) in [7, 11) is 4.31. The van der Waals surface area contributed by atoms with Gasteiger partial charge in [0.2, 0.25) is 11.5 Å². The molecule has 0 saturated carbocycles. The monoisotopic (exact) mass is 578 g/mol. The number of aliphatic hydroxyl groups excluding tert-OH is 1. The highest BCUT2D eigenvalue weighted by atomic mass is 32.1. The smallest absolute Gasteiger partial charge is 0.350 e. The first-order chi connectivity index (χ1) is 19.7. The summed E-state index contributed by atoms with van der Waals surface area (Å²) in [6.07, 6.45) is 0. The Morgan fingerprint density at radius 1 is 1.07 bits per heavy atom. The zero-order valence-electron chi connectivity index (χ0n) is 22.8. The first-order valence-corrected chi connectivity index (χ1v) is 13.3. The average molecular weight is 579 g/mol. The summed E-state index contributed by atoms with van der Waals surface area (Å²) >= 11 is 0.910. The third-order valence-electron chi connectivity index (χ3n) is 6.56. The van der Waals surface area contributed by atoms with E-state index in [1.807, 2.05) is 0 Å². The zero-order valence-corrected chi connectivity index (χ0v) is 23.7. The first-order valence-electron chi connectivity index (χ1n) is 12.5. The molecule has 0 fully saturated rings. The van der Waals surface area contributed by atoms with Crippen LogP contribution in [-0.4, -0.2) is 55.7 Å². The number of fused-ring (bicyclic) bond motifs is 1. The summed E-state index contributed by atoms with van der Waals surface area (Å²) in [6, 6.07) is 10.5. The fraction of sp³-hybridized carbons (Fsp3) is 0.241. The molecule has 212 valence electrons. The van der Waals surface area contributed by atoms with Gasteiger partial charge in [0.15, 0.2) is 28.1 Å². The molecule has 1 amide bonds. The van der Waals surface area contributed by atoms with Crippen LogP contribution in [0.4, 0.5) is 5.13 Å². The molecule has 1 aliphatic rings. The standard InChI is InChI=1S/C29H26N2O9S/c1-6-39-28(35)26-14(2)30-29(41-26)31-22(16-12-19(36-3)25(38-5)20(13-16)37-4)21(24(33)27(31)34)23(32)18-11-15-9-7-8-10-17(15)40-18/h7-13,22,33H,6H2,1-5H3/t22-/m1/s1. The SMILES string of the molecule is CCOC(=O)c1sc(N2C(=O)C(O)=C(C(=O)c3cc4ccccc4o3)[C@H]2c2cc(OC)c(OC)c(OC)c2)nc1C. The van der Waals surface area contributed by atoms with Gasteiger partial charge in [-0.25, -0.2) is 9.78 Å². The molecule has 0 saturated heterocycles. The number of aromatic nitrogens is 1. The number of anilines is 1. The van der Waals surface area contributed by atoms with E-state index in [0.717, 1.165) is 16.2 Å². The highest BCUT2D eigenvalue weighted by molar-refractivity contribution is 7.17. The first kappa shape index (κ1) is 27.7.